The molecule has 0 saturated carbocycles. The summed E-state index contributed by atoms with van der Waals surface area (Å²) < 4.78 is 6.26. The van der Waals surface area contributed by atoms with E-state index in [9.17, 15) is 4.79 Å². The zero-order chi connectivity index (χ0) is 10.6. The first-order valence-electron chi connectivity index (χ1n) is 3.98. The first-order chi connectivity index (χ1) is 6.63. The molecule has 1 unspecified atom stereocenters. The van der Waals surface area contributed by atoms with Crippen molar-refractivity contribution in [3.05, 3.63) is 16.7 Å². The Morgan fingerprint density at radius 3 is 2.93 bits per heavy atom. The van der Waals surface area contributed by atoms with Crippen molar-refractivity contribution in [2.45, 2.75) is 6.10 Å². The van der Waals surface area contributed by atoms with E-state index in [1.807, 2.05) is 0 Å². The van der Waals surface area contributed by atoms with Crippen LogP contribution in [0, 0.1) is 0 Å². The van der Waals surface area contributed by atoms with Gasteiger partial charge in [-0.05, 0) is 0 Å². The lowest BCUT2D eigenvalue weighted by molar-refractivity contribution is 0.0541. The van der Waals surface area contributed by atoms with Crippen molar-refractivity contribution >= 4 is 9.92 Å². The van der Waals surface area contributed by atoms with E-state index in [2.05, 4.69) is 4.98 Å². The number of aliphatic hydroxyl groups excluding tert-OH is 2. The second kappa shape index (κ2) is 4.96. The molecule has 4 N–H and O–H groups in total. The van der Waals surface area contributed by atoms with Gasteiger partial charge in [0.2, 0.25) is 5.88 Å². The molecule has 14 heavy (non-hydrogen) atoms. The number of imidazole rings is 1. The lowest BCUT2D eigenvalue weighted by Crippen LogP contribution is -2.27. The van der Waals surface area contributed by atoms with Gasteiger partial charge in [0.1, 0.15) is 0 Å². The molecule has 0 aliphatic carbocycles. The van der Waals surface area contributed by atoms with Gasteiger partial charge in [0.15, 0.2) is 0 Å². The van der Waals surface area contributed by atoms with E-state index in [4.69, 9.17) is 19.7 Å². The number of aliphatic hydroxyl groups is 2. The van der Waals surface area contributed by atoms with E-state index in [1.165, 1.54) is 10.4 Å². The van der Waals surface area contributed by atoms with Crippen molar-refractivity contribution in [1.29, 1.82) is 0 Å². The quantitative estimate of drug-likeness (QED) is 0.398. The largest absolute Gasteiger partial charge is 0.493 e. The maximum absolute atomic E-state index is 11.0. The second-order valence-electron chi connectivity index (χ2n) is 2.75. The summed E-state index contributed by atoms with van der Waals surface area (Å²) in [7, 11) is -1.33. The van der Waals surface area contributed by atoms with E-state index in [1.54, 1.807) is 0 Å². The molecule has 1 aromatic rings. The minimum Gasteiger partial charge on any atom is -0.493 e. The minimum atomic E-state index is -1.33. The SMILES string of the molecule is O=c1[nH]c(O)cn1[SiH2]OCC(O)CO. The van der Waals surface area contributed by atoms with Crippen LogP contribution < -0.4 is 5.69 Å². The molecule has 0 aliphatic heterocycles. The second-order valence-corrected chi connectivity index (χ2v) is 4.10. The fraction of sp³-hybridized carbons (Fsp3) is 0.500. The number of nitrogens with one attached hydrogen (secondary N) is 1. The topological polar surface area (TPSA) is 108 Å². The Morgan fingerprint density at radius 2 is 2.43 bits per heavy atom. The van der Waals surface area contributed by atoms with Gasteiger partial charge in [0.25, 0.3) is 9.92 Å². The number of nitrogens with zero attached hydrogens (tertiary/aromatic N) is 1. The molecular formula is C6H12N2O5Si. The summed E-state index contributed by atoms with van der Waals surface area (Å²) in [5.41, 5.74) is -0.437. The molecule has 7 nitrogen and oxygen atoms in total. The first-order valence-corrected chi connectivity index (χ1v) is 5.19. The lowest BCUT2D eigenvalue weighted by Gasteiger charge is -2.07. The molecule has 80 valence electrons. The molecular weight excluding hydrogens is 208 g/mol. The van der Waals surface area contributed by atoms with Gasteiger partial charge in [-0.25, -0.2) is 4.79 Å². The summed E-state index contributed by atoms with van der Waals surface area (Å²) in [6, 6.07) is 0. The molecule has 0 saturated heterocycles. The Hall–Kier alpha value is -1.09. The summed E-state index contributed by atoms with van der Waals surface area (Å²) >= 11 is 0. The smallest absolute Gasteiger partial charge is 0.321 e. The Kier molecular flexibility index (Phi) is 3.89. The maximum Gasteiger partial charge on any atom is 0.321 e. The van der Waals surface area contributed by atoms with Crippen LogP contribution >= 0.6 is 0 Å². The van der Waals surface area contributed by atoms with Crippen molar-refractivity contribution in [2.75, 3.05) is 13.2 Å². The standard InChI is InChI=1S/C6H12N2O5Si/c9-2-4(10)3-13-14-8-1-5(11)7-6(8)12/h1,4,9-11H,2-3,14H2,(H,7,12). The molecule has 0 radical (unpaired) electrons. The zero-order valence-electron chi connectivity index (χ0n) is 7.38. The highest BCUT2D eigenvalue weighted by Crippen LogP contribution is 1.95. The highest BCUT2D eigenvalue weighted by Gasteiger charge is 2.04. The molecule has 0 bridgehead atoms. The summed E-state index contributed by atoms with van der Waals surface area (Å²) in [5.74, 6) is -0.214. The third kappa shape index (κ3) is 2.99. The van der Waals surface area contributed by atoms with E-state index in [-0.39, 0.29) is 19.1 Å². The van der Waals surface area contributed by atoms with E-state index in [0.717, 1.165) is 0 Å². The molecule has 0 fully saturated rings. The average molecular weight is 220 g/mol. The summed E-state index contributed by atoms with van der Waals surface area (Å²) in [4.78, 5) is 13.1. The molecule has 8 heteroatoms. The zero-order valence-corrected chi connectivity index (χ0v) is 8.80. The van der Waals surface area contributed by atoms with Crippen LogP contribution in [-0.2, 0) is 4.43 Å². The Bertz CT molecular complexity index is 335. The molecule has 1 heterocycles. The van der Waals surface area contributed by atoms with E-state index >= 15 is 0 Å². The highest BCUT2D eigenvalue weighted by atomic mass is 28.2. The predicted molar refractivity (Wildman–Crippen MR) is 49.7 cm³/mol. The summed E-state index contributed by atoms with van der Waals surface area (Å²) in [5, 5.41) is 26.3. The van der Waals surface area contributed by atoms with Crippen LogP contribution in [0.25, 0.3) is 0 Å². The van der Waals surface area contributed by atoms with Crippen molar-refractivity contribution in [3.8, 4) is 5.88 Å². The van der Waals surface area contributed by atoms with Gasteiger partial charge >= 0.3 is 5.69 Å². The maximum atomic E-state index is 11.0. The Labute approximate surface area is 81.6 Å². The van der Waals surface area contributed by atoms with Crippen LogP contribution in [0.4, 0.5) is 0 Å². The van der Waals surface area contributed by atoms with Gasteiger partial charge in [-0.15, -0.1) is 0 Å². The molecule has 1 aromatic heterocycles. The van der Waals surface area contributed by atoms with E-state index in [0.29, 0.717) is 0 Å². The van der Waals surface area contributed by atoms with Crippen molar-refractivity contribution < 1.29 is 19.7 Å². The number of hydrogen-bond acceptors (Lipinski definition) is 5. The molecule has 0 spiro atoms. The predicted octanol–water partition coefficient (Wildman–Crippen LogP) is -2.90. The van der Waals surface area contributed by atoms with Crippen molar-refractivity contribution in [2.24, 2.45) is 0 Å². The van der Waals surface area contributed by atoms with Crippen LogP contribution in [0.1, 0.15) is 0 Å². The number of aromatic amines is 1. The first kappa shape index (κ1) is 11.0. The normalized spacial score (nSPS) is 13.9. The average Bonchev–Trinajstić information content (AvgIpc) is 2.45. The molecule has 1 rings (SSSR count). The monoisotopic (exact) mass is 220 g/mol. The van der Waals surface area contributed by atoms with Crippen LogP contribution in [0.2, 0.25) is 0 Å². The third-order valence-electron chi connectivity index (χ3n) is 1.53. The van der Waals surface area contributed by atoms with Gasteiger partial charge in [0, 0.05) is 0 Å². The van der Waals surface area contributed by atoms with Gasteiger partial charge in [-0.1, -0.05) is 0 Å². The van der Waals surface area contributed by atoms with Crippen LogP contribution in [0.3, 0.4) is 0 Å². The molecule has 1 atom stereocenters. The lowest BCUT2D eigenvalue weighted by atomic mass is 10.4. The molecule has 0 aromatic carbocycles. The fourth-order valence-electron chi connectivity index (χ4n) is 0.856. The Morgan fingerprint density at radius 1 is 1.71 bits per heavy atom. The van der Waals surface area contributed by atoms with Gasteiger partial charge in [-0.3, -0.25) is 4.98 Å². The molecule has 0 aliphatic rings. The number of H-pyrrole nitrogens is 1. The summed E-state index contributed by atoms with van der Waals surface area (Å²) in [6.45, 7) is -0.386. The van der Waals surface area contributed by atoms with Gasteiger partial charge in [-0.2, -0.15) is 0 Å². The highest BCUT2D eigenvalue weighted by molar-refractivity contribution is 6.24. The minimum absolute atomic E-state index is 0.0128. The van der Waals surface area contributed by atoms with E-state index < -0.39 is 21.7 Å². The van der Waals surface area contributed by atoms with Crippen molar-refractivity contribution in [1.82, 2.24) is 9.22 Å². The van der Waals surface area contributed by atoms with Crippen LogP contribution in [0.5, 0.6) is 5.88 Å². The third-order valence-corrected chi connectivity index (χ3v) is 2.69. The van der Waals surface area contributed by atoms with Crippen LogP contribution in [0.15, 0.2) is 11.0 Å². The van der Waals surface area contributed by atoms with Crippen LogP contribution in [-0.4, -0.2) is 53.8 Å². The number of rotatable bonds is 5. The van der Waals surface area contributed by atoms with Gasteiger partial charge in [0.05, 0.1) is 25.5 Å². The Balaban J connectivity index is 2.38. The number of hydrogen-bond donors (Lipinski definition) is 4. The number of aromatic nitrogens is 2. The van der Waals surface area contributed by atoms with Gasteiger partial charge < -0.3 is 24.0 Å². The fourth-order valence-corrected chi connectivity index (χ4v) is 1.87. The summed E-state index contributed by atoms with van der Waals surface area (Å²) in [6.07, 6.45) is 0.311. The number of aromatic hydroxyl groups is 1. The van der Waals surface area contributed by atoms with Crippen molar-refractivity contribution in [3.63, 3.8) is 0 Å². The molecule has 0 amide bonds.